The first-order chi connectivity index (χ1) is 10.6. The van der Waals surface area contributed by atoms with Crippen molar-refractivity contribution in [3.05, 3.63) is 30.3 Å². The van der Waals surface area contributed by atoms with Gasteiger partial charge in [-0.15, -0.1) is 0 Å². The number of amides is 2. The fourth-order valence-electron chi connectivity index (χ4n) is 2.50. The van der Waals surface area contributed by atoms with Gasteiger partial charge in [0.1, 0.15) is 0 Å². The zero-order chi connectivity index (χ0) is 15.8. The Bertz CT molecular complexity index is 540. The standard InChI is InChI=1S/C17H23N3O2/c1-13-7-5-6-10-15(13)19-20-17(22)12-11-16(21)18-14-8-3-2-4-9-14/h2-4,8-9,13H,5-7,10-12H2,1H3,(H,18,21)(H,20,22)/t13-/m1/s1. The molecule has 0 radical (unpaired) electrons. The van der Waals surface area contributed by atoms with Crippen LogP contribution in [0.25, 0.3) is 0 Å². The third kappa shape index (κ3) is 5.31. The maximum absolute atomic E-state index is 11.8. The molecule has 0 saturated heterocycles. The van der Waals surface area contributed by atoms with E-state index in [2.05, 4.69) is 22.8 Å². The van der Waals surface area contributed by atoms with Gasteiger partial charge in [0.15, 0.2) is 0 Å². The van der Waals surface area contributed by atoms with Crippen LogP contribution in [0.3, 0.4) is 0 Å². The quantitative estimate of drug-likeness (QED) is 0.820. The van der Waals surface area contributed by atoms with Crippen molar-refractivity contribution in [1.29, 1.82) is 0 Å². The van der Waals surface area contributed by atoms with Crippen LogP contribution in [-0.2, 0) is 9.59 Å². The molecule has 5 heteroatoms. The molecule has 2 amide bonds. The molecule has 118 valence electrons. The van der Waals surface area contributed by atoms with Gasteiger partial charge in [0, 0.05) is 24.2 Å². The zero-order valence-corrected chi connectivity index (χ0v) is 13.0. The minimum atomic E-state index is -0.214. The predicted octanol–water partition coefficient (Wildman–Crippen LogP) is 3.09. The molecular formula is C17H23N3O2. The first-order valence-corrected chi connectivity index (χ1v) is 7.85. The van der Waals surface area contributed by atoms with E-state index in [4.69, 9.17) is 0 Å². The lowest BCUT2D eigenvalue weighted by atomic mass is 9.89. The largest absolute Gasteiger partial charge is 0.326 e. The monoisotopic (exact) mass is 301 g/mol. The molecule has 1 aliphatic carbocycles. The van der Waals surface area contributed by atoms with Gasteiger partial charge in [-0.3, -0.25) is 9.59 Å². The molecule has 1 atom stereocenters. The fourth-order valence-corrected chi connectivity index (χ4v) is 2.50. The summed E-state index contributed by atoms with van der Waals surface area (Å²) in [5.74, 6) is 0.0592. The minimum Gasteiger partial charge on any atom is -0.326 e. The normalized spacial score (nSPS) is 19.7. The highest BCUT2D eigenvalue weighted by Gasteiger charge is 2.16. The van der Waals surface area contributed by atoms with Crippen molar-refractivity contribution in [3.8, 4) is 0 Å². The van der Waals surface area contributed by atoms with Crippen molar-refractivity contribution < 1.29 is 9.59 Å². The smallest absolute Gasteiger partial charge is 0.240 e. The van der Waals surface area contributed by atoms with Crippen molar-refractivity contribution in [1.82, 2.24) is 5.43 Å². The third-order valence-corrected chi connectivity index (χ3v) is 3.85. The van der Waals surface area contributed by atoms with Crippen LogP contribution in [0.15, 0.2) is 35.4 Å². The van der Waals surface area contributed by atoms with E-state index in [0.717, 1.165) is 30.7 Å². The number of hydrogen-bond donors (Lipinski definition) is 2. The summed E-state index contributed by atoms with van der Waals surface area (Å²) in [5.41, 5.74) is 4.37. The summed E-state index contributed by atoms with van der Waals surface area (Å²) in [6, 6.07) is 9.21. The lowest BCUT2D eigenvalue weighted by molar-refractivity contribution is -0.124. The Kier molecular flexibility index (Phi) is 6.13. The molecule has 1 aliphatic rings. The van der Waals surface area contributed by atoms with Crippen molar-refractivity contribution in [2.45, 2.75) is 45.4 Å². The van der Waals surface area contributed by atoms with E-state index >= 15 is 0 Å². The van der Waals surface area contributed by atoms with Crippen LogP contribution in [0, 0.1) is 5.92 Å². The Labute approximate surface area is 131 Å². The second kappa shape index (κ2) is 8.32. The summed E-state index contributed by atoms with van der Waals surface area (Å²) in [6.45, 7) is 2.14. The molecule has 0 aliphatic heterocycles. The number of nitrogens with zero attached hydrogens (tertiary/aromatic N) is 1. The number of para-hydroxylation sites is 1. The SMILES string of the molecule is C[C@@H]1CCCCC1=NNC(=O)CCC(=O)Nc1ccccc1. The van der Waals surface area contributed by atoms with Crippen LogP contribution in [0.4, 0.5) is 5.69 Å². The summed E-state index contributed by atoms with van der Waals surface area (Å²) in [6.07, 6.45) is 4.75. The average molecular weight is 301 g/mol. The van der Waals surface area contributed by atoms with Crippen LogP contribution in [0.2, 0.25) is 0 Å². The Balaban J connectivity index is 1.71. The highest BCUT2D eigenvalue weighted by molar-refractivity contribution is 5.93. The second-order valence-electron chi connectivity index (χ2n) is 5.70. The maximum atomic E-state index is 11.8. The van der Waals surface area contributed by atoms with E-state index in [9.17, 15) is 9.59 Å². The van der Waals surface area contributed by atoms with Crippen LogP contribution in [0.5, 0.6) is 0 Å². The van der Waals surface area contributed by atoms with Crippen molar-refractivity contribution in [2.24, 2.45) is 11.0 Å². The molecule has 0 aromatic heterocycles. The van der Waals surface area contributed by atoms with Crippen LogP contribution in [-0.4, -0.2) is 17.5 Å². The summed E-state index contributed by atoms with van der Waals surface area (Å²) < 4.78 is 0. The first-order valence-electron chi connectivity index (χ1n) is 7.85. The predicted molar refractivity (Wildman–Crippen MR) is 87.5 cm³/mol. The molecule has 1 saturated carbocycles. The number of benzene rings is 1. The number of carbonyl (C=O) groups is 2. The van der Waals surface area contributed by atoms with E-state index in [1.807, 2.05) is 30.3 Å². The molecule has 2 N–H and O–H groups in total. The number of hydrogen-bond acceptors (Lipinski definition) is 3. The van der Waals surface area contributed by atoms with Gasteiger partial charge in [0.05, 0.1) is 0 Å². The molecule has 5 nitrogen and oxygen atoms in total. The lowest BCUT2D eigenvalue weighted by Crippen LogP contribution is -2.25. The highest BCUT2D eigenvalue weighted by Crippen LogP contribution is 2.20. The Morgan fingerprint density at radius 1 is 1.14 bits per heavy atom. The molecular weight excluding hydrogens is 278 g/mol. The zero-order valence-electron chi connectivity index (χ0n) is 13.0. The number of anilines is 1. The topological polar surface area (TPSA) is 70.6 Å². The number of rotatable bonds is 5. The third-order valence-electron chi connectivity index (χ3n) is 3.85. The lowest BCUT2D eigenvalue weighted by Gasteiger charge is -2.19. The van der Waals surface area contributed by atoms with E-state index < -0.39 is 0 Å². The van der Waals surface area contributed by atoms with Crippen molar-refractivity contribution in [3.63, 3.8) is 0 Å². The van der Waals surface area contributed by atoms with Gasteiger partial charge in [0.25, 0.3) is 0 Å². The Hall–Kier alpha value is -2.17. The Morgan fingerprint density at radius 3 is 2.59 bits per heavy atom. The van der Waals surface area contributed by atoms with Gasteiger partial charge in [-0.25, -0.2) is 5.43 Å². The van der Waals surface area contributed by atoms with E-state index in [1.54, 1.807) is 0 Å². The van der Waals surface area contributed by atoms with E-state index in [-0.39, 0.29) is 24.7 Å². The first kappa shape index (κ1) is 16.2. The average Bonchev–Trinajstić information content (AvgIpc) is 2.53. The minimum absolute atomic E-state index is 0.143. The van der Waals surface area contributed by atoms with Gasteiger partial charge in [0.2, 0.25) is 11.8 Å². The molecule has 22 heavy (non-hydrogen) atoms. The molecule has 0 heterocycles. The second-order valence-corrected chi connectivity index (χ2v) is 5.70. The summed E-state index contributed by atoms with van der Waals surface area (Å²) in [7, 11) is 0. The van der Waals surface area contributed by atoms with Gasteiger partial charge in [-0.1, -0.05) is 31.5 Å². The van der Waals surface area contributed by atoms with Gasteiger partial charge >= 0.3 is 0 Å². The maximum Gasteiger partial charge on any atom is 0.240 e. The fraction of sp³-hybridized carbons (Fsp3) is 0.471. The Morgan fingerprint density at radius 2 is 1.86 bits per heavy atom. The molecule has 0 bridgehead atoms. The van der Waals surface area contributed by atoms with Crippen LogP contribution >= 0.6 is 0 Å². The molecule has 1 aromatic rings. The summed E-state index contributed by atoms with van der Waals surface area (Å²) >= 11 is 0. The molecule has 1 aromatic carbocycles. The van der Waals surface area contributed by atoms with E-state index in [0.29, 0.717) is 5.92 Å². The summed E-state index contributed by atoms with van der Waals surface area (Å²) in [5, 5.41) is 6.97. The number of carbonyl (C=O) groups excluding carboxylic acids is 2. The van der Waals surface area contributed by atoms with Crippen LogP contribution < -0.4 is 10.7 Å². The molecule has 0 spiro atoms. The van der Waals surface area contributed by atoms with Crippen molar-refractivity contribution in [2.75, 3.05) is 5.32 Å². The van der Waals surface area contributed by atoms with Crippen molar-refractivity contribution >= 4 is 23.2 Å². The van der Waals surface area contributed by atoms with Crippen LogP contribution in [0.1, 0.15) is 45.4 Å². The summed E-state index contributed by atoms with van der Waals surface area (Å²) in [4.78, 5) is 23.5. The molecule has 2 rings (SSSR count). The van der Waals surface area contributed by atoms with Gasteiger partial charge in [-0.05, 0) is 37.3 Å². The van der Waals surface area contributed by atoms with E-state index in [1.165, 1.54) is 6.42 Å². The number of hydrazone groups is 1. The molecule has 0 unspecified atom stereocenters. The number of nitrogens with one attached hydrogen (secondary N) is 2. The van der Waals surface area contributed by atoms with Gasteiger partial charge in [-0.2, -0.15) is 5.10 Å². The molecule has 1 fully saturated rings. The van der Waals surface area contributed by atoms with Gasteiger partial charge < -0.3 is 5.32 Å². The highest BCUT2D eigenvalue weighted by atomic mass is 16.2.